The van der Waals surface area contributed by atoms with Crippen LogP contribution in [0.1, 0.15) is 59.3 Å². The Labute approximate surface area is 101 Å². The van der Waals surface area contributed by atoms with E-state index in [1.807, 2.05) is 7.11 Å². The van der Waals surface area contributed by atoms with Crippen LogP contribution >= 0.6 is 0 Å². The first kappa shape index (κ1) is 14.0. The van der Waals surface area contributed by atoms with Crippen LogP contribution in [0.3, 0.4) is 0 Å². The summed E-state index contributed by atoms with van der Waals surface area (Å²) in [5, 5.41) is 3.65. The van der Waals surface area contributed by atoms with Crippen molar-refractivity contribution in [2.45, 2.75) is 70.9 Å². The standard InChI is InChI=1S/C14H29NO/c1-5-15-13(9-8-12(2)3)14(16-4)10-6-7-11-14/h12-13,15H,5-11H2,1-4H3. The molecule has 2 heteroatoms. The zero-order valence-electron chi connectivity index (χ0n) is 11.5. The Balaban J connectivity index is 2.58. The van der Waals surface area contributed by atoms with E-state index in [9.17, 15) is 0 Å². The highest BCUT2D eigenvalue weighted by molar-refractivity contribution is 4.96. The van der Waals surface area contributed by atoms with Gasteiger partial charge in [-0.15, -0.1) is 0 Å². The van der Waals surface area contributed by atoms with E-state index in [4.69, 9.17) is 4.74 Å². The monoisotopic (exact) mass is 227 g/mol. The Kier molecular flexibility index (Phi) is 5.77. The zero-order valence-corrected chi connectivity index (χ0v) is 11.5. The molecule has 1 N–H and O–H groups in total. The number of rotatable bonds is 7. The maximum atomic E-state index is 5.88. The van der Waals surface area contributed by atoms with E-state index in [0.29, 0.717) is 6.04 Å². The highest BCUT2D eigenvalue weighted by Crippen LogP contribution is 2.37. The molecule has 0 bridgehead atoms. The highest BCUT2D eigenvalue weighted by Gasteiger charge is 2.40. The van der Waals surface area contributed by atoms with Gasteiger partial charge in [0.2, 0.25) is 0 Å². The van der Waals surface area contributed by atoms with Crippen molar-refractivity contribution in [2.24, 2.45) is 5.92 Å². The van der Waals surface area contributed by atoms with Gasteiger partial charge in [0, 0.05) is 13.2 Å². The molecule has 0 aromatic heterocycles. The van der Waals surface area contributed by atoms with Gasteiger partial charge < -0.3 is 10.1 Å². The van der Waals surface area contributed by atoms with Crippen molar-refractivity contribution in [3.8, 4) is 0 Å². The van der Waals surface area contributed by atoms with Crippen molar-refractivity contribution < 1.29 is 4.74 Å². The Morgan fingerprint density at radius 2 is 1.81 bits per heavy atom. The molecule has 0 amide bonds. The lowest BCUT2D eigenvalue weighted by Crippen LogP contribution is -2.50. The SMILES string of the molecule is CCNC(CCC(C)C)C1(OC)CCCC1. The fraction of sp³-hybridized carbons (Fsp3) is 1.00. The van der Waals surface area contributed by atoms with Gasteiger partial charge in [0.25, 0.3) is 0 Å². The van der Waals surface area contributed by atoms with Crippen LogP contribution in [0.25, 0.3) is 0 Å². The molecule has 1 atom stereocenters. The Bertz CT molecular complexity index is 185. The van der Waals surface area contributed by atoms with E-state index in [1.165, 1.54) is 38.5 Å². The number of methoxy groups -OCH3 is 1. The summed E-state index contributed by atoms with van der Waals surface area (Å²) in [7, 11) is 1.89. The topological polar surface area (TPSA) is 21.3 Å². The fourth-order valence-corrected chi connectivity index (χ4v) is 2.97. The van der Waals surface area contributed by atoms with Gasteiger partial charge in [0.1, 0.15) is 0 Å². The third-order valence-electron chi connectivity index (χ3n) is 3.97. The van der Waals surface area contributed by atoms with Gasteiger partial charge in [0.15, 0.2) is 0 Å². The summed E-state index contributed by atoms with van der Waals surface area (Å²) in [5.41, 5.74) is 0.130. The van der Waals surface area contributed by atoms with Gasteiger partial charge in [-0.3, -0.25) is 0 Å². The highest BCUT2D eigenvalue weighted by atomic mass is 16.5. The smallest absolute Gasteiger partial charge is 0.0830 e. The Hall–Kier alpha value is -0.0800. The van der Waals surface area contributed by atoms with E-state index in [1.54, 1.807) is 0 Å². The van der Waals surface area contributed by atoms with Gasteiger partial charge >= 0.3 is 0 Å². The van der Waals surface area contributed by atoms with E-state index in [2.05, 4.69) is 26.1 Å². The van der Waals surface area contributed by atoms with Crippen LogP contribution in [0, 0.1) is 5.92 Å². The van der Waals surface area contributed by atoms with Gasteiger partial charge in [-0.25, -0.2) is 0 Å². The van der Waals surface area contributed by atoms with E-state index in [-0.39, 0.29) is 5.60 Å². The molecule has 2 nitrogen and oxygen atoms in total. The van der Waals surface area contributed by atoms with Gasteiger partial charge in [-0.2, -0.15) is 0 Å². The fourth-order valence-electron chi connectivity index (χ4n) is 2.97. The van der Waals surface area contributed by atoms with Crippen LogP contribution in [0.15, 0.2) is 0 Å². The second kappa shape index (κ2) is 6.61. The Morgan fingerprint density at radius 1 is 1.19 bits per heavy atom. The summed E-state index contributed by atoms with van der Waals surface area (Å²) in [6.07, 6.45) is 7.68. The normalized spacial score (nSPS) is 21.6. The molecule has 1 aliphatic carbocycles. The molecule has 1 aliphatic rings. The minimum Gasteiger partial charge on any atom is -0.377 e. The zero-order chi connectivity index (χ0) is 12.0. The first-order valence-corrected chi connectivity index (χ1v) is 6.93. The summed E-state index contributed by atoms with van der Waals surface area (Å²) >= 11 is 0. The molecule has 16 heavy (non-hydrogen) atoms. The minimum absolute atomic E-state index is 0.130. The van der Waals surface area contributed by atoms with Crippen molar-refractivity contribution in [2.75, 3.05) is 13.7 Å². The quantitative estimate of drug-likeness (QED) is 0.720. The first-order chi connectivity index (χ1) is 7.64. The van der Waals surface area contributed by atoms with E-state index >= 15 is 0 Å². The van der Waals surface area contributed by atoms with Gasteiger partial charge in [-0.1, -0.05) is 33.6 Å². The summed E-state index contributed by atoms with van der Waals surface area (Å²) in [6.45, 7) is 7.85. The molecule has 0 radical (unpaired) electrons. The molecular formula is C14H29NO. The van der Waals surface area contributed by atoms with Crippen molar-refractivity contribution in [3.05, 3.63) is 0 Å². The molecule has 96 valence electrons. The van der Waals surface area contributed by atoms with Crippen LogP contribution in [0.4, 0.5) is 0 Å². The molecule has 0 aliphatic heterocycles. The molecule has 1 saturated carbocycles. The predicted molar refractivity (Wildman–Crippen MR) is 69.7 cm³/mol. The summed E-state index contributed by atoms with van der Waals surface area (Å²) in [5.74, 6) is 0.788. The largest absolute Gasteiger partial charge is 0.377 e. The van der Waals surface area contributed by atoms with Crippen LogP contribution in [-0.2, 0) is 4.74 Å². The van der Waals surface area contributed by atoms with Crippen molar-refractivity contribution >= 4 is 0 Å². The van der Waals surface area contributed by atoms with E-state index < -0.39 is 0 Å². The molecule has 0 heterocycles. The lowest BCUT2D eigenvalue weighted by atomic mass is 9.87. The maximum absolute atomic E-state index is 5.88. The number of ether oxygens (including phenoxy) is 1. The Morgan fingerprint density at radius 3 is 2.25 bits per heavy atom. The first-order valence-electron chi connectivity index (χ1n) is 6.93. The molecule has 1 rings (SSSR count). The molecule has 1 unspecified atom stereocenters. The van der Waals surface area contributed by atoms with Crippen molar-refractivity contribution in [1.82, 2.24) is 5.32 Å². The van der Waals surface area contributed by atoms with E-state index in [0.717, 1.165) is 12.5 Å². The molecule has 0 saturated heterocycles. The van der Waals surface area contributed by atoms with Crippen LogP contribution in [-0.4, -0.2) is 25.3 Å². The van der Waals surface area contributed by atoms with Crippen LogP contribution in [0.5, 0.6) is 0 Å². The number of hydrogen-bond donors (Lipinski definition) is 1. The molecule has 0 aromatic carbocycles. The molecule has 0 aromatic rings. The van der Waals surface area contributed by atoms with Gasteiger partial charge in [-0.05, 0) is 38.1 Å². The number of hydrogen-bond acceptors (Lipinski definition) is 2. The average molecular weight is 227 g/mol. The molecule has 0 spiro atoms. The second-order valence-corrected chi connectivity index (χ2v) is 5.56. The molecular weight excluding hydrogens is 198 g/mol. The van der Waals surface area contributed by atoms with Crippen LogP contribution < -0.4 is 5.32 Å². The third kappa shape index (κ3) is 3.46. The summed E-state index contributed by atoms with van der Waals surface area (Å²) in [6, 6.07) is 0.549. The number of likely N-dealkylation sites (N-methyl/N-ethyl adjacent to an activating group) is 1. The average Bonchev–Trinajstić information content (AvgIpc) is 2.73. The predicted octanol–water partition coefficient (Wildman–Crippen LogP) is 3.36. The second-order valence-electron chi connectivity index (χ2n) is 5.56. The van der Waals surface area contributed by atoms with Crippen molar-refractivity contribution in [1.29, 1.82) is 0 Å². The minimum atomic E-state index is 0.130. The van der Waals surface area contributed by atoms with Crippen LogP contribution in [0.2, 0.25) is 0 Å². The molecule has 1 fully saturated rings. The summed E-state index contributed by atoms with van der Waals surface area (Å²) in [4.78, 5) is 0. The lowest BCUT2D eigenvalue weighted by molar-refractivity contribution is -0.0385. The van der Waals surface area contributed by atoms with Crippen molar-refractivity contribution in [3.63, 3.8) is 0 Å². The van der Waals surface area contributed by atoms with Gasteiger partial charge in [0.05, 0.1) is 5.60 Å². The summed E-state index contributed by atoms with van der Waals surface area (Å²) < 4.78 is 5.88. The maximum Gasteiger partial charge on any atom is 0.0830 e. The third-order valence-corrected chi connectivity index (χ3v) is 3.97. The number of nitrogens with one attached hydrogen (secondary N) is 1. The lowest BCUT2D eigenvalue weighted by Gasteiger charge is -2.37.